The third-order valence-electron chi connectivity index (χ3n) is 6.07. The summed E-state index contributed by atoms with van der Waals surface area (Å²) in [5.74, 6) is -0.814. The molecule has 39 heavy (non-hydrogen) atoms. The molecule has 0 heterocycles. The molecular formula is C29H33BrClN3O4S. The third-order valence-corrected chi connectivity index (χ3v) is 7.97. The molecule has 3 aromatic rings. The van der Waals surface area contributed by atoms with Crippen LogP contribution in [0.3, 0.4) is 0 Å². The average molecular weight is 635 g/mol. The topological polar surface area (TPSA) is 86.8 Å². The van der Waals surface area contributed by atoms with Crippen LogP contribution in [0.5, 0.6) is 0 Å². The van der Waals surface area contributed by atoms with E-state index in [4.69, 9.17) is 11.6 Å². The molecular weight excluding hydrogens is 602 g/mol. The molecule has 0 aliphatic carbocycles. The molecule has 10 heteroatoms. The van der Waals surface area contributed by atoms with Crippen LogP contribution < -0.4 is 9.62 Å². The molecule has 7 nitrogen and oxygen atoms in total. The molecule has 3 rings (SSSR count). The maximum absolute atomic E-state index is 14.0. The predicted octanol–water partition coefficient (Wildman–Crippen LogP) is 5.34. The second-order valence-corrected chi connectivity index (χ2v) is 13.0. The van der Waals surface area contributed by atoms with Crippen molar-refractivity contribution in [2.75, 3.05) is 17.1 Å². The quantitative estimate of drug-likeness (QED) is 0.309. The Labute approximate surface area is 244 Å². The van der Waals surface area contributed by atoms with E-state index in [9.17, 15) is 18.0 Å². The van der Waals surface area contributed by atoms with Crippen LogP contribution in [0.2, 0.25) is 5.02 Å². The molecule has 1 atom stereocenters. The van der Waals surface area contributed by atoms with E-state index in [-0.39, 0.29) is 24.9 Å². The molecule has 0 saturated carbocycles. The van der Waals surface area contributed by atoms with Gasteiger partial charge in [0.25, 0.3) is 0 Å². The van der Waals surface area contributed by atoms with Crippen molar-refractivity contribution >= 4 is 55.1 Å². The first-order chi connectivity index (χ1) is 18.3. The fourth-order valence-electron chi connectivity index (χ4n) is 4.21. The molecule has 0 fully saturated rings. The number of anilines is 1. The van der Waals surface area contributed by atoms with E-state index >= 15 is 0 Å². The molecule has 0 bridgehead atoms. The normalized spacial score (nSPS) is 12.2. The fourth-order valence-corrected chi connectivity index (χ4v) is 5.61. The van der Waals surface area contributed by atoms with Crippen molar-refractivity contribution in [3.63, 3.8) is 0 Å². The molecule has 3 aromatic carbocycles. The SMILES string of the molecule is Cc1cc(Cl)ccc1N(CC(=O)N(Cc1ccc(Br)cc1)[C@H](Cc1ccccc1)C(=O)NC(C)C)S(C)(=O)=O. The van der Waals surface area contributed by atoms with Crippen LogP contribution >= 0.6 is 27.5 Å². The van der Waals surface area contributed by atoms with Gasteiger partial charge in [0.05, 0.1) is 11.9 Å². The van der Waals surface area contributed by atoms with E-state index in [2.05, 4.69) is 21.2 Å². The van der Waals surface area contributed by atoms with Crippen molar-refractivity contribution in [3.05, 3.63) is 99.0 Å². The number of nitrogens with zero attached hydrogens (tertiary/aromatic N) is 2. The highest BCUT2D eigenvalue weighted by Gasteiger charge is 2.33. The van der Waals surface area contributed by atoms with Crippen molar-refractivity contribution < 1.29 is 18.0 Å². The van der Waals surface area contributed by atoms with Gasteiger partial charge in [0.1, 0.15) is 12.6 Å². The van der Waals surface area contributed by atoms with Gasteiger partial charge >= 0.3 is 0 Å². The number of rotatable bonds is 11. The lowest BCUT2D eigenvalue weighted by Crippen LogP contribution is -2.54. The number of carbonyl (C=O) groups is 2. The van der Waals surface area contributed by atoms with E-state index in [1.807, 2.05) is 68.4 Å². The number of hydrogen-bond acceptors (Lipinski definition) is 4. The summed E-state index contributed by atoms with van der Waals surface area (Å²) in [7, 11) is -3.85. The van der Waals surface area contributed by atoms with Crippen molar-refractivity contribution in [2.45, 2.75) is 45.8 Å². The number of amides is 2. The van der Waals surface area contributed by atoms with Crippen LogP contribution in [0.15, 0.2) is 77.3 Å². The number of carbonyl (C=O) groups excluding carboxylic acids is 2. The Balaban J connectivity index is 2.07. The molecule has 0 saturated heterocycles. The highest BCUT2D eigenvalue weighted by atomic mass is 79.9. The lowest BCUT2D eigenvalue weighted by Gasteiger charge is -2.34. The highest BCUT2D eigenvalue weighted by molar-refractivity contribution is 9.10. The number of halogens is 2. The summed E-state index contributed by atoms with van der Waals surface area (Å²) in [6, 6.07) is 20.7. The minimum absolute atomic E-state index is 0.117. The monoisotopic (exact) mass is 633 g/mol. The van der Waals surface area contributed by atoms with Crippen molar-refractivity contribution in [1.29, 1.82) is 0 Å². The van der Waals surface area contributed by atoms with E-state index in [0.717, 1.165) is 26.2 Å². The second-order valence-electron chi connectivity index (χ2n) is 9.72. The standard InChI is InChI=1S/C29H33BrClN3O4S/c1-20(2)32-29(36)27(17-22-8-6-5-7-9-22)33(18-23-10-12-24(30)13-11-23)28(35)19-34(39(4,37)38)26-15-14-25(31)16-21(26)3/h5-16,20,27H,17-19H2,1-4H3,(H,32,36)/t27-/m1/s1. The predicted molar refractivity (Wildman–Crippen MR) is 160 cm³/mol. The van der Waals surface area contributed by atoms with Gasteiger partial charge in [-0.25, -0.2) is 8.42 Å². The van der Waals surface area contributed by atoms with Crippen LogP contribution in [-0.4, -0.2) is 50.0 Å². The maximum Gasteiger partial charge on any atom is 0.244 e. The third kappa shape index (κ3) is 8.81. The molecule has 0 spiro atoms. The molecule has 0 aliphatic heterocycles. The molecule has 0 aromatic heterocycles. The largest absolute Gasteiger partial charge is 0.352 e. The highest BCUT2D eigenvalue weighted by Crippen LogP contribution is 2.26. The van der Waals surface area contributed by atoms with Crippen molar-refractivity contribution in [3.8, 4) is 0 Å². The van der Waals surface area contributed by atoms with Gasteiger partial charge in [0.15, 0.2) is 0 Å². The number of benzene rings is 3. The first-order valence-corrected chi connectivity index (χ1v) is 15.5. The minimum atomic E-state index is -3.85. The van der Waals surface area contributed by atoms with Crippen LogP contribution in [0.4, 0.5) is 5.69 Å². The van der Waals surface area contributed by atoms with Crippen LogP contribution in [0.1, 0.15) is 30.5 Å². The second kappa shape index (κ2) is 13.5. The number of sulfonamides is 1. The Kier molecular flexibility index (Phi) is 10.6. The molecule has 208 valence electrons. The summed E-state index contributed by atoms with van der Waals surface area (Å²) in [5, 5.41) is 3.40. The Bertz CT molecular complexity index is 1400. The lowest BCUT2D eigenvalue weighted by atomic mass is 10.0. The van der Waals surface area contributed by atoms with Crippen LogP contribution in [-0.2, 0) is 32.6 Å². The van der Waals surface area contributed by atoms with Gasteiger partial charge in [-0.2, -0.15) is 0 Å². The van der Waals surface area contributed by atoms with Gasteiger partial charge in [-0.3, -0.25) is 13.9 Å². The number of hydrogen-bond donors (Lipinski definition) is 1. The molecule has 0 radical (unpaired) electrons. The van der Waals surface area contributed by atoms with Crippen LogP contribution in [0, 0.1) is 6.92 Å². The smallest absolute Gasteiger partial charge is 0.244 e. The van der Waals surface area contributed by atoms with E-state index in [1.165, 1.54) is 4.90 Å². The minimum Gasteiger partial charge on any atom is -0.352 e. The number of nitrogens with one attached hydrogen (secondary N) is 1. The van der Waals surface area contributed by atoms with Gasteiger partial charge in [0, 0.05) is 28.5 Å². The summed E-state index contributed by atoms with van der Waals surface area (Å²) in [6.45, 7) is 5.09. The summed E-state index contributed by atoms with van der Waals surface area (Å²) in [6.07, 6.45) is 1.32. The summed E-state index contributed by atoms with van der Waals surface area (Å²) in [4.78, 5) is 29.1. The number of aryl methyl sites for hydroxylation is 1. The maximum atomic E-state index is 14.0. The molecule has 0 aliphatic rings. The first kappa shape index (κ1) is 30.7. The lowest BCUT2D eigenvalue weighted by molar-refractivity contribution is -0.140. The Morgan fingerprint density at radius 1 is 0.974 bits per heavy atom. The van der Waals surface area contributed by atoms with Gasteiger partial charge in [-0.05, 0) is 67.8 Å². The average Bonchev–Trinajstić information content (AvgIpc) is 2.85. The Hall–Kier alpha value is -2.88. The zero-order valence-electron chi connectivity index (χ0n) is 22.4. The van der Waals surface area contributed by atoms with Gasteiger partial charge in [0.2, 0.25) is 21.8 Å². The molecule has 0 unspecified atom stereocenters. The zero-order chi connectivity index (χ0) is 28.7. The zero-order valence-corrected chi connectivity index (χ0v) is 25.6. The molecule has 2 amide bonds. The van der Waals surface area contributed by atoms with E-state index < -0.39 is 28.5 Å². The van der Waals surface area contributed by atoms with E-state index in [1.54, 1.807) is 25.1 Å². The van der Waals surface area contributed by atoms with Gasteiger partial charge < -0.3 is 10.2 Å². The van der Waals surface area contributed by atoms with Crippen molar-refractivity contribution in [1.82, 2.24) is 10.2 Å². The molecule has 1 N–H and O–H groups in total. The van der Waals surface area contributed by atoms with E-state index in [0.29, 0.717) is 16.3 Å². The Morgan fingerprint density at radius 2 is 1.62 bits per heavy atom. The van der Waals surface area contributed by atoms with Gasteiger partial charge in [-0.1, -0.05) is 70.0 Å². The van der Waals surface area contributed by atoms with Gasteiger partial charge in [-0.15, -0.1) is 0 Å². The summed E-state index contributed by atoms with van der Waals surface area (Å²) < 4.78 is 27.7. The first-order valence-electron chi connectivity index (χ1n) is 12.5. The fraction of sp³-hybridized carbons (Fsp3) is 0.310. The van der Waals surface area contributed by atoms with Crippen molar-refractivity contribution in [2.24, 2.45) is 0 Å². The van der Waals surface area contributed by atoms with Crippen LogP contribution in [0.25, 0.3) is 0 Å². The summed E-state index contributed by atoms with van der Waals surface area (Å²) in [5.41, 5.74) is 2.64. The summed E-state index contributed by atoms with van der Waals surface area (Å²) >= 11 is 9.53. The Morgan fingerprint density at radius 3 is 2.18 bits per heavy atom.